The average molecular weight is 341 g/mol. The molecule has 1 aromatic rings. The molecule has 130 valence electrons. The predicted octanol–water partition coefficient (Wildman–Crippen LogP) is 1.94. The van der Waals surface area contributed by atoms with E-state index in [-0.39, 0.29) is 12.5 Å². The van der Waals surface area contributed by atoms with Crippen LogP contribution in [0.1, 0.15) is 24.8 Å². The van der Waals surface area contributed by atoms with Gasteiger partial charge in [-0.2, -0.15) is 18.2 Å². The summed E-state index contributed by atoms with van der Waals surface area (Å²) in [5, 5.41) is 0. The number of halogens is 3. The van der Waals surface area contributed by atoms with Crippen molar-refractivity contribution in [3.05, 3.63) is 30.0 Å². The van der Waals surface area contributed by atoms with Gasteiger partial charge in [-0.25, -0.2) is 4.98 Å². The Hall–Kier alpha value is -2.58. The van der Waals surface area contributed by atoms with Gasteiger partial charge in [0.25, 0.3) is 0 Å². The Kier molecular flexibility index (Phi) is 5.42. The molecule has 2 heterocycles. The monoisotopic (exact) mass is 341 g/mol. The van der Waals surface area contributed by atoms with E-state index in [1.54, 1.807) is 18.3 Å². The quantitative estimate of drug-likeness (QED) is 0.646. The second kappa shape index (κ2) is 7.33. The van der Waals surface area contributed by atoms with E-state index in [0.717, 1.165) is 11.1 Å². The van der Waals surface area contributed by atoms with Crippen LogP contribution in [0.2, 0.25) is 0 Å². The molecule has 4 N–H and O–H groups in total. The van der Waals surface area contributed by atoms with Gasteiger partial charge in [0.15, 0.2) is 11.8 Å². The van der Waals surface area contributed by atoms with Crippen molar-refractivity contribution in [2.24, 2.45) is 16.5 Å². The summed E-state index contributed by atoms with van der Waals surface area (Å²) in [5.74, 6) is -0.242. The first-order chi connectivity index (χ1) is 11.3. The number of aromatic nitrogens is 1. The summed E-state index contributed by atoms with van der Waals surface area (Å²) < 4.78 is 36.6. The molecular weight excluding hydrogens is 323 g/mol. The first kappa shape index (κ1) is 17.8. The topological polar surface area (TPSA) is 97.6 Å². The molecule has 0 saturated heterocycles. The Morgan fingerprint density at radius 1 is 1.38 bits per heavy atom. The van der Waals surface area contributed by atoms with E-state index in [2.05, 4.69) is 9.98 Å². The molecule has 0 aliphatic carbocycles. The SMILES string of the molecule is NC(N)=Nc1ncccc1C1=CCN(C(=O)CCC(F)(F)F)CC1. The van der Waals surface area contributed by atoms with Crippen molar-refractivity contribution in [3.63, 3.8) is 0 Å². The van der Waals surface area contributed by atoms with E-state index in [4.69, 9.17) is 11.5 Å². The van der Waals surface area contributed by atoms with Gasteiger partial charge in [-0.1, -0.05) is 6.08 Å². The van der Waals surface area contributed by atoms with Crippen LogP contribution in [-0.4, -0.2) is 41.0 Å². The fraction of sp³-hybridized carbons (Fsp3) is 0.400. The van der Waals surface area contributed by atoms with E-state index in [1.807, 2.05) is 6.07 Å². The van der Waals surface area contributed by atoms with Gasteiger partial charge < -0.3 is 16.4 Å². The highest BCUT2D eigenvalue weighted by Crippen LogP contribution is 2.29. The number of nitrogens with zero attached hydrogens (tertiary/aromatic N) is 3. The minimum atomic E-state index is -4.32. The summed E-state index contributed by atoms with van der Waals surface area (Å²) in [6, 6.07) is 3.55. The summed E-state index contributed by atoms with van der Waals surface area (Å²) in [4.78, 5) is 21.3. The van der Waals surface area contributed by atoms with Crippen molar-refractivity contribution in [3.8, 4) is 0 Å². The number of amides is 1. The van der Waals surface area contributed by atoms with Crippen molar-refractivity contribution in [1.82, 2.24) is 9.88 Å². The highest BCUT2D eigenvalue weighted by atomic mass is 19.4. The number of rotatable bonds is 4. The fourth-order valence-electron chi connectivity index (χ4n) is 2.41. The Labute approximate surface area is 137 Å². The standard InChI is InChI=1S/C15H18F3N5O/c16-15(17,18)6-3-12(24)23-8-4-10(5-9-23)11-2-1-7-21-13(11)22-14(19)20/h1-2,4,7H,3,5-6,8-9H2,(H4,19,20,21,22). The molecule has 6 nitrogen and oxygen atoms in total. The smallest absolute Gasteiger partial charge is 0.370 e. The van der Waals surface area contributed by atoms with Gasteiger partial charge in [0, 0.05) is 31.3 Å². The average Bonchev–Trinajstić information content (AvgIpc) is 2.52. The third-order valence-corrected chi connectivity index (χ3v) is 3.55. The maximum Gasteiger partial charge on any atom is 0.389 e. The zero-order valence-electron chi connectivity index (χ0n) is 12.9. The number of carbonyl (C=O) groups excluding carboxylic acids is 1. The molecule has 0 saturated carbocycles. The van der Waals surface area contributed by atoms with Crippen LogP contribution in [0.3, 0.4) is 0 Å². The van der Waals surface area contributed by atoms with Crippen LogP contribution in [-0.2, 0) is 4.79 Å². The molecular formula is C15H18F3N5O. The van der Waals surface area contributed by atoms with Gasteiger partial charge >= 0.3 is 6.18 Å². The molecule has 0 radical (unpaired) electrons. The largest absolute Gasteiger partial charge is 0.389 e. The minimum absolute atomic E-state index is 0.115. The predicted molar refractivity (Wildman–Crippen MR) is 84.2 cm³/mol. The fourth-order valence-corrected chi connectivity index (χ4v) is 2.41. The first-order valence-corrected chi connectivity index (χ1v) is 7.35. The third kappa shape index (κ3) is 4.97. The number of carbonyl (C=O) groups is 1. The highest BCUT2D eigenvalue weighted by Gasteiger charge is 2.29. The zero-order valence-corrected chi connectivity index (χ0v) is 12.9. The number of hydrogen-bond donors (Lipinski definition) is 2. The first-order valence-electron chi connectivity index (χ1n) is 7.35. The number of nitrogens with two attached hydrogens (primary N) is 2. The van der Waals surface area contributed by atoms with Crippen LogP contribution in [0.4, 0.5) is 19.0 Å². The van der Waals surface area contributed by atoms with E-state index < -0.39 is 24.9 Å². The Bertz CT molecular complexity index is 665. The summed E-state index contributed by atoms with van der Waals surface area (Å²) in [5.41, 5.74) is 12.4. The van der Waals surface area contributed by atoms with Crippen LogP contribution >= 0.6 is 0 Å². The van der Waals surface area contributed by atoms with Gasteiger partial charge in [-0.3, -0.25) is 4.79 Å². The van der Waals surface area contributed by atoms with Crippen LogP contribution in [0.25, 0.3) is 5.57 Å². The van der Waals surface area contributed by atoms with Crippen molar-refractivity contribution in [2.75, 3.05) is 13.1 Å². The maximum atomic E-state index is 12.2. The Morgan fingerprint density at radius 3 is 2.71 bits per heavy atom. The van der Waals surface area contributed by atoms with Crippen LogP contribution in [0.15, 0.2) is 29.4 Å². The summed E-state index contributed by atoms with van der Waals surface area (Å²) in [7, 11) is 0. The number of hydrogen-bond acceptors (Lipinski definition) is 3. The molecule has 1 aliphatic heterocycles. The molecule has 24 heavy (non-hydrogen) atoms. The normalized spacial score (nSPS) is 15.0. The number of aliphatic imine (C=N–C) groups is 1. The lowest BCUT2D eigenvalue weighted by molar-refractivity contribution is -0.148. The number of alkyl halides is 3. The summed E-state index contributed by atoms with van der Waals surface area (Å²) >= 11 is 0. The molecule has 1 amide bonds. The van der Waals surface area contributed by atoms with Gasteiger partial charge in [-0.15, -0.1) is 0 Å². The molecule has 1 aromatic heterocycles. The lowest BCUT2D eigenvalue weighted by Gasteiger charge is -2.27. The number of pyridine rings is 1. The van der Waals surface area contributed by atoms with Gasteiger partial charge in [0.2, 0.25) is 5.91 Å². The Morgan fingerprint density at radius 2 is 2.12 bits per heavy atom. The molecule has 0 atom stereocenters. The number of guanidine groups is 1. The van der Waals surface area contributed by atoms with E-state index in [1.165, 1.54) is 4.90 Å². The van der Waals surface area contributed by atoms with Crippen molar-refractivity contribution >= 4 is 23.3 Å². The molecule has 9 heteroatoms. The molecule has 0 fully saturated rings. The summed E-state index contributed by atoms with van der Waals surface area (Å²) in [6.45, 7) is 0.598. The van der Waals surface area contributed by atoms with Crippen LogP contribution in [0.5, 0.6) is 0 Å². The molecule has 0 spiro atoms. The third-order valence-electron chi connectivity index (χ3n) is 3.55. The van der Waals surface area contributed by atoms with Crippen molar-refractivity contribution in [2.45, 2.75) is 25.4 Å². The Balaban J connectivity index is 2.06. The second-order valence-corrected chi connectivity index (χ2v) is 5.35. The molecule has 0 aromatic carbocycles. The molecule has 0 unspecified atom stereocenters. The lowest BCUT2D eigenvalue weighted by atomic mass is 10.00. The highest BCUT2D eigenvalue weighted by molar-refractivity contribution is 5.83. The van der Waals surface area contributed by atoms with Gasteiger partial charge in [-0.05, 0) is 24.1 Å². The second-order valence-electron chi connectivity index (χ2n) is 5.35. The van der Waals surface area contributed by atoms with E-state index >= 15 is 0 Å². The van der Waals surface area contributed by atoms with Crippen LogP contribution in [0, 0.1) is 0 Å². The molecule has 2 rings (SSSR count). The van der Waals surface area contributed by atoms with Gasteiger partial charge in [0.05, 0.1) is 6.42 Å². The maximum absolute atomic E-state index is 12.2. The van der Waals surface area contributed by atoms with Crippen molar-refractivity contribution in [1.29, 1.82) is 0 Å². The zero-order chi connectivity index (χ0) is 17.7. The molecule has 1 aliphatic rings. The molecule has 0 bridgehead atoms. The lowest BCUT2D eigenvalue weighted by Crippen LogP contribution is -2.35. The van der Waals surface area contributed by atoms with Crippen molar-refractivity contribution < 1.29 is 18.0 Å². The summed E-state index contributed by atoms with van der Waals surface area (Å²) in [6.07, 6.45) is -2.11. The minimum Gasteiger partial charge on any atom is -0.370 e. The van der Waals surface area contributed by atoms with Crippen LogP contribution < -0.4 is 11.5 Å². The van der Waals surface area contributed by atoms with Gasteiger partial charge in [0.1, 0.15) is 0 Å². The van der Waals surface area contributed by atoms with E-state index in [9.17, 15) is 18.0 Å². The van der Waals surface area contributed by atoms with E-state index in [0.29, 0.717) is 18.8 Å².